The van der Waals surface area contributed by atoms with Crippen molar-refractivity contribution in [2.24, 2.45) is 22.7 Å². The third-order valence-corrected chi connectivity index (χ3v) is 7.19. The Hall–Kier alpha value is -0.0800. The van der Waals surface area contributed by atoms with Crippen LogP contribution in [0.2, 0.25) is 0 Å². The Morgan fingerprint density at radius 1 is 1.00 bits per heavy atom. The van der Waals surface area contributed by atoms with E-state index in [9.17, 15) is 0 Å². The second-order valence-corrected chi connectivity index (χ2v) is 8.31. The van der Waals surface area contributed by atoms with E-state index in [1.54, 1.807) is 0 Å². The molecule has 2 heterocycles. The van der Waals surface area contributed by atoms with Crippen LogP contribution in [0.3, 0.4) is 0 Å². The Bertz CT molecular complexity index is 364. The van der Waals surface area contributed by atoms with E-state index in [1.165, 1.54) is 58.0 Å². The summed E-state index contributed by atoms with van der Waals surface area (Å²) >= 11 is 0. The summed E-state index contributed by atoms with van der Waals surface area (Å²) in [7, 11) is 0. The molecule has 2 aliphatic heterocycles. The molecule has 2 aliphatic carbocycles. The van der Waals surface area contributed by atoms with Crippen LogP contribution in [0.4, 0.5) is 0 Å². The van der Waals surface area contributed by atoms with Crippen molar-refractivity contribution in [3.63, 3.8) is 0 Å². The van der Waals surface area contributed by atoms with Gasteiger partial charge in [0, 0.05) is 18.6 Å². The highest BCUT2D eigenvalue weighted by atomic mass is 15.0. The van der Waals surface area contributed by atoms with Crippen molar-refractivity contribution >= 4 is 0 Å². The lowest BCUT2D eigenvalue weighted by Gasteiger charge is -2.39. The molecule has 0 radical (unpaired) electrons. The maximum Gasteiger partial charge on any atom is 0.00985 e. The first-order valence-electron chi connectivity index (χ1n) is 8.60. The van der Waals surface area contributed by atoms with Crippen LogP contribution in [0, 0.1) is 22.7 Å². The monoisotopic (exact) mass is 262 g/mol. The van der Waals surface area contributed by atoms with E-state index in [0.29, 0.717) is 5.41 Å². The predicted molar refractivity (Wildman–Crippen MR) is 79.1 cm³/mol. The van der Waals surface area contributed by atoms with Crippen molar-refractivity contribution in [1.29, 1.82) is 0 Å². The van der Waals surface area contributed by atoms with E-state index in [2.05, 4.69) is 24.5 Å². The highest BCUT2D eigenvalue weighted by Gasteiger charge is 2.62. The molecule has 0 aromatic heterocycles. The minimum absolute atomic E-state index is 0.682. The third-order valence-electron chi connectivity index (χ3n) is 7.19. The lowest BCUT2D eigenvalue weighted by molar-refractivity contribution is 0.130. The molecule has 19 heavy (non-hydrogen) atoms. The molecule has 6 unspecified atom stereocenters. The standard InChI is InChI=1S/C17H30N2/c1-12-8-16(11-19-12)5-3-4-14(9-16)15-10-17(15)6-7-18-13(17)2/h12-15,18-19H,3-11H2,1-2H3. The van der Waals surface area contributed by atoms with Crippen molar-refractivity contribution in [1.82, 2.24) is 10.6 Å². The fourth-order valence-corrected chi connectivity index (χ4v) is 6.09. The third kappa shape index (κ3) is 1.90. The first-order chi connectivity index (χ1) is 9.14. The fourth-order valence-electron chi connectivity index (χ4n) is 6.09. The highest BCUT2D eigenvalue weighted by molar-refractivity contribution is 5.14. The zero-order valence-corrected chi connectivity index (χ0v) is 12.7. The lowest BCUT2D eigenvalue weighted by Crippen LogP contribution is -2.33. The maximum absolute atomic E-state index is 3.72. The summed E-state index contributed by atoms with van der Waals surface area (Å²) < 4.78 is 0. The fraction of sp³-hybridized carbons (Fsp3) is 1.00. The number of nitrogens with one attached hydrogen (secondary N) is 2. The number of hydrogen-bond donors (Lipinski definition) is 2. The van der Waals surface area contributed by atoms with E-state index in [-0.39, 0.29) is 0 Å². The summed E-state index contributed by atoms with van der Waals surface area (Å²) in [5.41, 5.74) is 1.40. The summed E-state index contributed by atoms with van der Waals surface area (Å²) in [6, 6.07) is 1.55. The predicted octanol–water partition coefficient (Wildman–Crippen LogP) is 2.93. The van der Waals surface area contributed by atoms with Crippen LogP contribution < -0.4 is 10.6 Å². The molecule has 108 valence electrons. The van der Waals surface area contributed by atoms with Gasteiger partial charge in [-0.3, -0.25) is 0 Å². The Morgan fingerprint density at radius 2 is 1.89 bits per heavy atom. The van der Waals surface area contributed by atoms with Gasteiger partial charge in [-0.2, -0.15) is 0 Å². The van der Waals surface area contributed by atoms with Crippen LogP contribution in [0.5, 0.6) is 0 Å². The van der Waals surface area contributed by atoms with E-state index in [0.717, 1.165) is 29.3 Å². The van der Waals surface area contributed by atoms with Gasteiger partial charge in [-0.05, 0) is 75.2 Å². The van der Waals surface area contributed by atoms with Crippen LogP contribution in [-0.2, 0) is 0 Å². The van der Waals surface area contributed by atoms with Crippen molar-refractivity contribution in [2.45, 2.75) is 70.9 Å². The van der Waals surface area contributed by atoms with Crippen molar-refractivity contribution in [3.8, 4) is 0 Å². The zero-order valence-electron chi connectivity index (χ0n) is 12.7. The van der Waals surface area contributed by atoms with Gasteiger partial charge in [0.25, 0.3) is 0 Å². The number of hydrogen-bond acceptors (Lipinski definition) is 2. The Labute approximate surface area is 118 Å². The molecule has 2 saturated carbocycles. The molecular formula is C17H30N2. The zero-order chi connectivity index (χ0) is 13.1. The van der Waals surface area contributed by atoms with Gasteiger partial charge in [-0.25, -0.2) is 0 Å². The second kappa shape index (κ2) is 4.21. The Kier molecular flexibility index (Phi) is 2.80. The van der Waals surface area contributed by atoms with E-state index in [1.807, 2.05) is 0 Å². The first-order valence-corrected chi connectivity index (χ1v) is 8.60. The van der Waals surface area contributed by atoms with E-state index < -0.39 is 0 Å². The average Bonchev–Trinajstić information content (AvgIpc) is 2.87. The summed E-state index contributed by atoms with van der Waals surface area (Å²) in [5, 5.41) is 7.41. The smallest absolute Gasteiger partial charge is 0.00985 e. The van der Waals surface area contributed by atoms with E-state index >= 15 is 0 Å². The van der Waals surface area contributed by atoms with E-state index in [4.69, 9.17) is 0 Å². The molecule has 0 aromatic carbocycles. The SMILES string of the molecule is CC1CC2(CCCC(C3CC34CCNC4C)C2)CN1. The molecule has 0 aromatic rings. The summed E-state index contributed by atoms with van der Waals surface area (Å²) in [6.07, 6.45) is 10.5. The van der Waals surface area contributed by atoms with Gasteiger partial charge in [0.2, 0.25) is 0 Å². The largest absolute Gasteiger partial charge is 0.314 e. The molecule has 2 nitrogen and oxygen atoms in total. The van der Waals surface area contributed by atoms with Crippen LogP contribution in [-0.4, -0.2) is 25.2 Å². The minimum atomic E-state index is 0.682. The van der Waals surface area contributed by atoms with Crippen molar-refractivity contribution < 1.29 is 0 Å². The summed E-state index contributed by atoms with van der Waals surface area (Å²) in [6.45, 7) is 7.39. The number of rotatable bonds is 1. The minimum Gasteiger partial charge on any atom is -0.314 e. The highest BCUT2D eigenvalue weighted by Crippen LogP contribution is 2.66. The van der Waals surface area contributed by atoms with Crippen LogP contribution in [0.15, 0.2) is 0 Å². The van der Waals surface area contributed by atoms with Crippen LogP contribution in [0.1, 0.15) is 58.8 Å². The van der Waals surface area contributed by atoms with Gasteiger partial charge in [-0.1, -0.05) is 12.8 Å². The quantitative estimate of drug-likeness (QED) is 0.759. The molecule has 0 bridgehead atoms. The first kappa shape index (κ1) is 12.6. The van der Waals surface area contributed by atoms with Gasteiger partial charge in [0.1, 0.15) is 0 Å². The molecule has 2 spiro atoms. The average molecular weight is 262 g/mol. The molecule has 4 fully saturated rings. The second-order valence-electron chi connectivity index (χ2n) is 8.31. The Balaban J connectivity index is 1.46. The van der Waals surface area contributed by atoms with Crippen molar-refractivity contribution in [2.75, 3.05) is 13.1 Å². The van der Waals surface area contributed by atoms with Crippen molar-refractivity contribution in [3.05, 3.63) is 0 Å². The normalized spacial score (nSPS) is 57.2. The van der Waals surface area contributed by atoms with Crippen LogP contribution in [0.25, 0.3) is 0 Å². The van der Waals surface area contributed by atoms with Gasteiger partial charge >= 0.3 is 0 Å². The molecule has 0 amide bonds. The molecule has 2 saturated heterocycles. The van der Waals surface area contributed by atoms with Gasteiger partial charge in [-0.15, -0.1) is 0 Å². The molecule has 2 heteroatoms. The molecular weight excluding hydrogens is 232 g/mol. The summed E-state index contributed by atoms with van der Waals surface area (Å²) in [4.78, 5) is 0. The molecule has 4 rings (SSSR count). The van der Waals surface area contributed by atoms with Gasteiger partial charge < -0.3 is 10.6 Å². The topological polar surface area (TPSA) is 24.1 Å². The lowest BCUT2D eigenvalue weighted by atomic mass is 9.66. The van der Waals surface area contributed by atoms with Gasteiger partial charge in [0.15, 0.2) is 0 Å². The van der Waals surface area contributed by atoms with Crippen LogP contribution >= 0.6 is 0 Å². The molecule has 4 aliphatic rings. The molecule has 2 N–H and O–H groups in total. The summed E-state index contributed by atoms with van der Waals surface area (Å²) in [5.74, 6) is 2.11. The maximum atomic E-state index is 3.72. The molecule has 6 atom stereocenters. The van der Waals surface area contributed by atoms with Gasteiger partial charge in [0.05, 0.1) is 0 Å². The Morgan fingerprint density at radius 3 is 2.58 bits per heavy atom.